The molecule has 0 aromatic rings. The maximum absolute atomic E-state index is 9.65. The zero-order chi connectivity index (χ0) is 11.3. The number of rotatable bonds is 5. The van der Waals surface area contributed by atoms with E-state index in [1.165, 1.54) is 6.42 Å². The van der Waals surface area contributed by atoms with E-state index in [0.717, 1.165) is 38.9 Å². The molecule has 3 unspecified atom stereocenters. The fourth-order valence-electron chi connectivity index (χ4n) is 2.57. The summed E-state index contributed by atoms with van der Waals surface area (Å²) in [5, 5.41) is 9.65. The van der Waals surface area contributed by atoms with Crippen molar-refractivity contribution in [2.24, 2.45) is 11.7 Å². The van der Waals surface area contributed by atoms with Crippen LogP contribution in [0.1, 0.15) is 39.5 Å². The Morgan fingerprint density at radius 1 is 1.40 bits per heavy atom. The third-order valence-corrected chi connectivity index (χ3v) is 3.26. The molecule has 1 saturated heterocycles. The number of aliphatic hydroxyl groups excluding tert-OH is 1. The fraction of sp³-hybridized carbons (Fsp3) is 1.00. The molecule has 0 bridgehead atoms. The second-order valence-corrected chi connectivity index (χ2v) is 4.92. The highest BCUT2D eigenvalue weighted by atomic mass is 16.3. The molecule has 3 N–H and O–H groups in total. The number of hydrogen-bond acceptors (Lipinski definition) is 3. The van der Waals surface area contributed by atoms with Crippen LogP contribution in [0.2, 0.25) is 0 Å². The average molecular weight is 214 g/mol. The predicted molar refractivity (Wildman–Crippen MR) is 63.7 cm³/mol. The van der Waals surface area contributed by atoms with Crippen molar-refractivity contribution in [2.45, 2.75) is 51.7 Å². The minimum Gasteiger partial charge on any atom is -0.393 e. The molecule has 0 saturated carbocycles. The van der Waals surface area contributed by atoms with Crippen molar-refractivity contribution in [1.29, 1.82) is 0 Å². The highest BCUT2D eigenvalue weighted by Gasteiger charge is 2.25. The van der Waals surface area contributed by atoms with Gasteiger partial charge >= 0.3 is 0 Å². The standard InChI is InChI=1S/C12H26N2O/c1-3-5-14-8-10(6-11(13)9-14)7-12(15)4-2/h10-12,15H,3-9,13H2,1-2H3. The van der Waals surface area contributed by atoms with Gasteiger partial charge in [0.15, 0.2) is 0 Å². The summed E-state index contributed by atoms with van der Waals surface area (Å²) in [4.78, 5) is 2.45. The largest absolute Gasteiger partial charge is 0.393 e. The first-order chi connectivity index (χ1) is 7.15. The van der Waals surface area contributed by atoms with Crippen LogP contribution in [-0.2, 0) is 0 Å². The summed E-state index contributed by atoms with van der Waals surface area (Å²) in [6, 6.07) is 0.305. The molecule has 1 heterocycles. The molecule has 0 aromatic heterocycles. The van der Waals surface area contributed by atoms with Gasteiger partial charge in [-0.25, -0.2) is 0 Å². The quantitative estimate of drug-likeness (QED) is 0.723. The fourth-order valence-corrected chi connectivity index (χ4v) is 2.57. The Kier molecular flexibility index (Phi) is 5.58. The highest BCUT2D eigenvalue weighted by molar-refractivity contribution is 4.82. The Hall–Kier alpha value is -0.120. The van der Waals surface area contributed by atoms with Gasteiger partial charge in [0, 0.05) is 19.1 Å². The van der Waals surface area contributed by atoms with Crippen molar-refractivity contribution in [2.75, 3.05) is 19.6 Å². The first kappa shape index (κ1) is 12.9. The molecule has 15 heavy (non-hydrogen) atoms. The molecule has 1 aliphatic rings. The number of nitrogens with zero attached hydrogens (tertiary/aromatic N) is 1. The summed E-state index contributed by atoms with van der Waals surface area (Å²) >= 11 is 0. The molecule has 3 nitrogen and oxygen atoms in total. The van der Waals surface area contributed by atoms with Gasteiger partial charge in [-0.2, -0.15) is 0 Å². The predicted octanol–water partition coefficient (Wildman–Crippen LogP) is 1.21. The molecule has 90 valence electrons. The summed E-state index contributed by atoms with van der Waals surface area (Å²) in [7, 11) is 0. The number of likely N-dealkylation sites (tertiary alicyclic amines) is 1. The number of piperidine rings is 1. The van der Waals surface area contributed by atoms with E-state index in [4.69, 9.17) is 5.73 Å². The zero-order valence-corrected chi connectivity index (χ0v) is 10.2. The molecule has 3 heteroatoms. The van der Waals surface area contributed by atoms with Gasteiger partial charge in [0.25, 0.3) is 0 Å². The first-order valence-electron chi connectivity index (χ1n) is 6.31. The molecule has 3 atom stereocenters. The minimum atomic E-state index is -0.135. The van der Waals surface area contributed by atoms with Crippen molar-refractivity contribution < 1.29 is 5.11 Å². The molecule has 0 radical (unpaired) electrons. The normalized spacial score (nSPS) is 30.4. The molecule has 0 aliphatic carbocycles. The van der Waals surface area contributed by atoms with E-state index in [-0.39, 0.29) is 6.10 Å². The Balaban J connectivity index is 2.37. The van der Waals surface area contributed by atoms with Crippen LogP contribution in [0.3, 0.4) is 0 Å². The van der Waals surface area contributed by atoms with E-state index < -0.39 is 0 Å². The lowest BCUT2D eigenvalue weighted by atomic mass is 9.89. The van der Waals surface area contributed by atoms with Gasteiger partial charge in [-0.3, -0.25) is 0 Å². The Bertz CT molecular complexity index is 175. The van der Waals surface area contributed by atoms with Crippen LogP contribution in [0.5, 0.6) is 0 Å². The third kappa shape index (κ3) is 4.49. The van der Waals surface area contributed by atoms with Gasteiger partial charge in [-0.1, -0.05) is 13.8 Å². The monoisotopic (exact) mass is 214 g/mol. The Morgan fingerprint density at radius 3 is 2.73 bits per heavy atom. The summed E-state index contributed by atoms with van der Waals surface area (Å²) in [5.41, 5.74) is 6.04. The van der Waals surface area contributed by atoms with Gasteiger partial charge in [0.05, 0.1) is 6.10 Å². The van der Waals surface area contributed by atoms with E-state index in [1.807, 2.05) is 6.92 Å². The lowest BCUT2D eigenvalue weighted by molar-refractivity contribution is 0.0908. The maximum Gasteiger partial charge on any atom is 0.0540 e. The van der Waals surface area contributed by atoms with Crippen molar-refractivity contribution >= 4 is 0 Å². The van der Waals surface area contributed by atoms with Crippen molar-refractivity contribution in [3.63, 3.8) is 0 Å². The van der Waals surface area contributed by atoms with Gasteiger partial charge in [-0.15, -0.1) is 0 Å². The molecule has 1 rings (SSSR count). The summed E-state index contributed by atoms with van der Waals surface area (Å²) in [6.45, 7) is 7.55. The second kappa shape index (κ2) is 6.46. The first-order valence-corrected chi connectivity index (χ1v) is 6.31. The summed E-state index contributed by atoms with van der Waals surface area (Å²) < 4.78 is 0. The van der Waals surface area contributed by atoms with Gasteiger partial charge < -0.3 is 15.7 Å². The van der Waals surface area contributed by atoms with Crippen LogP contribution < -0.4 is 5.73 Å². The van der Waals surface area contributed by atoms with Crippen LogP contribution in [0, 0.1) is 5.92 Å². The summed E-state index contributed by atoms with van der Waals surface area (Å²) in [6.07, 6.45) is 3.92. The SMILES string of the molecule is CCCN1CC(N)CC(CC(O)CC)C1. The third-order valence-electron chi connectivity index (χ3n) is 3.26. The van der Waals surface area contributed by atoms with Gasteiger partial charge in [0.2, 0.25) is 0 Å². The van der Waals surface area contributed by atoms with Crippen molar-refractivity contribution in [3.05, 3.63) is 0 Å². The number of hydrogen-bond donors (Lipinski definition) is 2. The zero-order valence-electron chi connectivity index (χ0n) is 10.2. The molecule has 1 fully saturated rings. The maximum atomic E-state index is 9.65. The van der Waals surface area contributed by atoms with Crippen LogP contribution >= 0.6 is 0 Å². The van der Waals surface area contributed by atoms with E-state index in [1.54, 1.807) is 0 Å². The smallest absolute Gasteiger partial charge is 0.0540 e. The topological polar surface area (TPSA) is 49.5 Å². The van der Waals surface area contributed by atoms with Crippen LogP contribution in [-0.4, -0.2) is 41.8 Å². The van der Waals surface area contributed by atoms with Crippen LogP contribution in [0.25, 0.3) is 0 Å². The van der Waals surface area contributed by atoms with Crippen LogP contribution in [0.15, 0.2) is 0 Å². The number of nitrogens with two attached hydrogens (primary N) is 1. The van der Waals surface area contributed by atoms with E-state index in [0.29, 0.717) is 12.0 Å². The second-order valence-electron chi connectivity index (χ2n) is 4.92. The highest BCUT2D eigenvalue weighted by Crippen LogP contribution is 2.21. The van der Waals surface area contributed by atoms with Crippen molar-refractivity contribution in [3.8, 4) is 0 Å². The Morgan fingerprint density at radius 2 is 2.13 bits per heavy atom. The molecular formula is C12H26N2O. The number of aliphatic hydroxyl groups is 1. The molecule has 0 aromatic carbocycles. The summed E-state index contributed by atoms with van der Waals surface area (Å²) in [5.74, 6) is 0.593. The van der Waals surface area contributed by atoms with E-state index in [2.05, 4.69) is 11.8 Å². The molecule has 0 amide bonds. The minimum absolute atomic E-state index is 0.135. The van der Waals surface area contributed by atoms with Crippen LogP contribution in [0.4, 0.5) is 0 Å². The lowest BCUT2D eigenvalue weighted by Crippen LogP contribution is -2.47. The van der Waals surface area contributed by atoms with Crippen molar-refractivity contribution in [1.82, 2.24) is 4.90 Å². The van der Waals surface area contributed by atoms with E-state index in [9.17, 15) is 5.11 Å². The molecule has 0 spiro atoms. The molecular weight excluding hydrogens is 188 g/mol. The lowest BCUT2D eigenvalue weighted by Gasteiger charge is -2.36. The molecule has 1 aliphatic heterocycles. The van der Waals surface area contributed by atoms with E-state index >= 15 is 0 Å². The van der Waals surface area contributed by atoms with Gasteiger partial charge in [0.1, 0.15) is 0 Å². The Labute approximate surface area is 93.6 Å². The van der Waals surface area contributed by atoms with Gasteiger partial charge in [-0.05, 0) is 38.1 Å². The average Bonchev–Trinajstić information content (AvgIpc) is 2.17.